The Morgan fingerprint density at radius 2 is 1.71 bits per heavy atom. The van der Waals surface area contributed by atoms with Crippen LogP contribution in [-0.4, -0.2) is 67.1 Å². The number of nitrogen functional groups attached to an aromatic ring is 1. The van der Waals surface area contributed by atoms with Gasteiger partial charge in [-0.25, -0.2) is 4.39 Å². The minimum Gasteiger partial charge on any atom is -0.398 e. The van der Waals surface area contributed by atoms with Crippen molar-refractivity contribution in [3.05, 3.63) is 82.7 Å². The van der Waals surface area contributed by atoms with Gasteiger partial charge in [-0.05, 0) is 61.1 Å². The Hall–Kier alpha value is -3.07. The molecular formula is C33H42FN5OS. The van der Waals surface area contributed by atoms with E-state index >= 15 is 0 Å². The quantitative estimate of drug-likeness (QED) is 0.208. The number of halogens is 1. The molecule has 3 aliphatic rings. The van der Waals surface area contributed by atoms with Crippen molar-refractivity contribution in [2.75, 3.05) is 50.0 Å². The van der Waals surface area contributed by atoms with Gasteiger partial charge in [0.05, 0.1) is 31.0 Å². The fourth-order valence-corrected chi connectivity index (χ4v) is 6.02. The average molecular weight is 576 g/mol. The Labute approximate surface area is 248 Å². The van der Waals surface area contributed by atoms with Crippen LogP contribution in [0.25, 0.3) is 0 Å². The van der Waals surface area contributed by atoms with Crippen molar-refractivity contribution in [2.24, 2.45) is 5.41 Å². The third kappa shape index (κ3) is 7.05. The Balaban J connectivity index is 1.28. The maximum Gasteiger partial charge on any atom is 0.124 e. The number of nitrogens with zero attached hydrogens (tertiary/aromatic N) is 2. The van der Waals surface area contributed by atoms with E-state index in [1.165, 1.54) is 5.69 Å². The number of hydrogen-bond acceptors (Lipinski definition) is 6. The van der Waals surface area contributed by atoms with E-state index in [4.69, 9.17) is 28.1 Å². The highest BCUT2D eigenvalue weighted by Gasteiger charge is 2.29. The summed E-state index contributed by atoms with van der Waals surface area (Å²) in [5.74, 6) is -0.168. The normalized spacial score (nSPS) is 19.2. The van der Waals surface area contributed by atoms with Crippen LogP contribution in [0.15, 0.2) is 66.0 Å². The number of benzene rings is 2. The standard InChI is InChI=1S/C33H42FN5OS/c1-33(2,3)19-30(26-6-4-5-7-28(26)34)37-32(41)23-10-13-29(35)27(18-23)31(36)22-8-11-24(12-9-22)38-14-16-39(17-15-38)25-20-40-21-25/h6-13,18,25,30,36H,4-5,14-17,19-21,35H2,1-3H3,(H,37,41). The zero-order valence-corrected chi connectivity index (χ0v) is 25.2. The summed E-state index contributed by atoms with van der Waals surface area (Å²) in [7, 11) is 0. The Morgan fingerprint density at radius 3 is 2.32 bits per heavy atom. The summed E-state index contributed by atoms with van der Waals surface area (Å²) in [5, 5.41) is 12.4. The van der Waals surface area contributed by atoms with Gasteiger partial charge in [0, 0.05) is 59.8 Å². The topological polar surface area (TPSA) is 77.6 Å². The Morgan fingerprint density at radius 1 is 1.05 bits per heavy atom. The molecule has 1 aliphatic carbocycles. The minimum absolute atomic E-state index is 0.0223. The molecule has 41 heavy (non-hydrogen) atoms. The highest BCUT2D eigenvalue weighted by molar-refractivity contribution is 7.80. The van der Waals surface area contributed by atoms with Gasteiger partial charge >= 0.3 is 0 Å². The number of thiocarbonyl (C=S) groups is 1. The van der Waals surface area contributed by atoms with Crippen LogP contribution in [-0.2, 0) is 4.74 Å². The third-order valence-electron chi connectivity index (χ3n) is 8.18. The zero-order chi connectivity index (χ0) is 29.1. The van der Waals surface area contributed by atoms with Crippen molar-refractivity contribution in [2.45, 2.75) is 52.1 Å². The molecule has 5 rings (SSSR count). The molecule has 0 amide bonds. The first kappa shape index (κ1) is 29.4. The molecule has 8 heteroatoms. The molecule has 0 spiro atoms. The average Bonchev–Trinajstić information content (AvgIpc) is 2.92. The number of hydrogen-bond donors (Lipinski definition) is 3. The highest BCUT2D eigenvalue weighted by atomic mass is 32.1. The number of allylic oxidation sites excluding steroid dienone is 2. The summed E-state index contributed by atoms with van der Waals surface area (Å²) in [5.41, 5.74) is 11.2. The molecule has 0 bridgehead atoms. The van der Waals surface area contributed by atoms with E-state index in [1.54, 1.807) is 12.1 Å². The van der Waals surface area contributed by atoms with Gasteiger partial charge in [0.2, 0.25) is 0 Å². The second kappa shape index (κ2) is 12.4. The van der Waals surface area contributed by atoms with Gasteiger partial charge in [0.1, 0.15) is 10.8 Å². The molecule has 218 valence electrons. The number of nitrogens with one attached hydrogen (secondary N) is 2. The number of nitrogens with two attached hydrogens (primary N) is 1. The van der Waals surface area contributed by atoms with Gasteiger partial charge in [-0.3, -0.25) is 10.3 Å². The van der Waals surface area contributed by atoms with E-state index in [9.17, 15) is 4.39 Å². The molecular weight excluding hydrogens is 533 g/mol. The number of piperazine rings is 1. The highest BCUT2D eigenvalue weighted by Crippen LogP contribution is 2.31. The van der Waals surface area contributed by atoms with Gasteiger partial charge in [-0.1, -0.05) is 51.2 Å². The molecule has 2 aromatic rings. The molecule has 0 radical (unpaired) electrons. The molecule has 2 fully saturated rings. The monoisotopic (exact) mass is 575 g/mol. The van der Waals surface area contributed by atoms with E-state index in [-0.39, 0.29) is 17.3 Å². The maximum atomic E-state index is 14.8. The fourth-order valence-electron chi connectivity index (χ4n) is 5.75. The minimum atomic E-state index is -0.240. The second-order valence-corrected chi connectivity index (χ2v) is 12.9. The van der Waals surface area contributed by atoms with Crippen molar-refractivity contribution < 1.29 is 9.13 Å². The van der Waals surface area contributed by atoms with Gasteiger partial charge in [-0.15, -0.1) is 0 Å². The van der Waals surface area contributed by atoms with E-state index in [0.717, 1.165) is 69.8 Å². The molecule has 0 saturated carbocycles. The summed E-state index contributed by atoms with van der Waals surface area (Å²) < 4.78 is 20.2. The van der Waals surface area contributed by atoms with E-state index < -0.39 is 0 Å². The summed E-state index contributed by atoms with van der Waals surface area (Å²) in [6.45, 7) is 12.2. The summed E-state index contributed by atoms with van der Waals surface area (Å²) >= 11 is 5.82. The lowest BCUT2D eigenvalue weighted by molar-refractivity contribution is -0.0660. The van der Waals surface area contributed by atoms with E-state index in [1.807, 2.05) is 30.3 Å². The first-order valence-corrected chi connectivity index (χ1v) is 15.0. The summed E-state index contributed by atoms with van der Waals surface area (Å²) in [6.07, 6.45) is 5.92. The van der Waals surface area contributed by atoms with Crippen LogP contribution in [0.3, 0.4) is 0 Å². The van der Waals surface area contributed by atoms with Gasteiger partial charge in [-0.2, -0.15) is 0 Å². The molecule has 2 aliphatic heterocycles. The second-order valence-electron chi connectivity index (χ2n) is 12.5. The predicted molar refractivity (Wildman–Crippen MR) is 171 cm³/mol. The number of anilines is 2. The van der Waals surface area contributed by atoms with Crippen molar-refractivity contribution in [1.29, 1.82) is 5.41 Å². The summed E-state index contributed by atoms with van der Waals surface area (Å²) in [6, 6.07) is 14.1. The Kier molecular flexibility index (Phi) is 8.92. The van der Waals surface area contributed by atoms with Crippen LogP contribution in [0, 0.1) is 10.8 Å². The van der Waals surface area contributed by atoms with Crippen LogP contribution < -0.4 is 16.0 Å². The predicted octanol–water partition coefficient (Wildman–Crippen LogP) is 5.85. The molecule has 2 aromatic carbocycles. The lowest BCUT2D eigenvalue weighted by atomic mass is 9.83. The van der Waals surface area contributed by atoms with Gasteiger partial charge in [0.25, 0.3) is 0 Å². The smallest absolute Gasteiger partial charge is 0.124 e. The van der Waals surface area contributed by atoms with Crippen LogP contribution in [0.2, 0.25) is 0 Å². The number of rotatable bonds is 8. The first-order valence-electron chi connectivity index (χ1n) is 14.6. The van der Waals surface area contributed by atoms with Crippen molar-refractivity contribution >= 4 is 34.3 Å². The SMILES string of the molecule is CC(C)(C)CC(NC(=S)c1ccc(N)c(C(=N)c2ccc(N3CCN(C4COC4)CC3)cc2)c1)C1=CCCC=C1F. The van der Waals surface area contributed by atoms with E-state index in [0.29, 0.717) is 33.6 Å². The molecule has 0 aromatic heterocycles. The number of ether oxygens (including phenoxy) is 1. The lowest BCUT2D eigenvalue weighted by Gasteiger charge is -2.43. The first-order chi connectivity index (χ1) is 19.6. The molecule has 4 N–H and O–H groups in total. The van der Waals surface area contributed by atoms with Crippen molar-refractivity contribution in [3.63, 3.8) is 0 Å². The van der Waals surface area contributed by atoms with Gasteiger partial charge in [0.15, 0.2) is 0 Å². The third-order valence-corrected chi connectivity index (χ3v) is 8.54. The fraction of sp³-hybridized carbons (Fsp3) is 0.455. The van der Waals surface area contributed by atoms with Crippen LogP contribution >= 0.6 is 12.2 Å². The molecule has 2 heterocycles. The van der Waals surface area contributed by atoms with E-state index in [2.05, 4.69) is 48.0 Å². The van der Waals surface area contributed by atoms with Crippen LogP contribution in [0.4, 0.5) is 15.8 Å². The van der Waals surface area contributed by atoms with Crippen molar-refractivity contribution in [3.8, 4) is 0 Å². The summed E-state index contributed by atoms with van der Waals surface area (Å²) in [4.78, 5) is 5.44. The van der Waals surface area contributed by atoms with Gasteiger partial charge < -0.3 is 20.7 Å². The van der Waals surface area contributed by atoms with Crippen LogP contribution in [0.5, 0.6) is 0 Å². The molecule has 1 unspecified atom stereocenters. The Bertz CT molecular complexity index is 1330. The lowest BCUT2D eigenvalue weighted by Crippen LogP contribution is -2.56. The molecule has 2 saturated heterocycles. The largest absolute Gasteiger partial charge is 0.398 e. The van der Waals surface area contributed by atoms with Crippen molar-refractivity contribution in [1.82, 2.24) is 10.2 Å². The zero-order valence-electron chi connectivity index (χ0n) is 24.4. The molecule has 1 atom stereocenters. The van der Waals surface area contributed by atoms with Crippen LogP contribution in [0.1, 0.15) is 56.7 Å². The molecule has 6 nitrogen and oxygen atoms in total. The maximum absolute atomic E-state index is 14.8.